The van der Waals surface area contributed by atoms with Crippen LogP contribution in [0.1, 0.15) is 62.2 Å². The van der Waals surface area contributed by atoms with Crippen LogP contribution in [-0.4, -0.2) is 22.1 Å². The van der Waals surface area contributed by atoms with Gasteiger partial charge in [-0.1, -0.05) is 39.0 Å². The van der Waals surface area contributed by atoms with Crippen molar-refractivity contribution in [2.24, 2.45) is 0 Å². The van der Waals surface area contributed by atoms with Crippen LogP contribution in [0.2, 0.25) is 0 Å². The lowest BCUT2D eigenvalue weighted by atomic mass is 10.1. The van der Waals surface area contributed by atoms with E-state index in [2.05, 4.69) is 12.2 Å². The van der Waals surface area contributed by atoms with Crippen molar-refractivity contribution in [3.8, 4) is 5.75 Å². The molecule has 0 aliphatic rings. The van der Waals surface area contributed by atoms with E-state index >= 15 is 0 Å². The molecule has 0 unspecified atom stereocenters. The number of anilines is 1. The normalized spacial score (nSPS) is 10.3. The summed E-state index contributed by atoms with van der Waals surface area (Å²) in [6.07, 6.45) is 7.07. The van der Waals surface area contributed by atoms with Crippen molar-refractivity contribution < 1.29 is 19.8 Å². The summed E-state index contributed by atoms with van der Waals surface area (Å²) in [6, 6.07) is 4.02. The van der Waals surface area contributed by atoms with E-state index in [4.69, 9.17) is 5.11 Å². The lowest BCUT2D eigenvalue weighted by Gasteiger charge is -2.07. The van der Waals surface area contributed by atoms with Crippen molar-refractivity contribution >= 4 is 17.6 Å². The summed E-state index contributed by atoms with van der Waals surface area (Å²) in [5.41, 5.74) is 0.175. The van der Waals surface area contributed by atoms with Crippen LogP contribution in [0.4, 0.5) is 5.69 Å². The van der Waals surface area contributed by atoms with E-state index in [0.29, 0.717) is 12.1 Å². The number of amides is 1. The zero-order valence-corrected chi connectivity index (χ0v) is 12.4. The van der Waals surface area contributed by atoms with Crippen molar-refractivity contribution in [3.63, 3.8) is 0 Å². The first kappa shape index (κ1) is 17.0. The molecule has 0 radical (unpaired) electrons. The molecule has 0 bridgehead atoms. The van der Waals surface area contributed by atoms with E-state index in [9.17, 15) is 14.7 Å². The summed E-state index contributed by atoms with van der Waals surface area (Å²) in [6.45, 7) is 2.16. The molecular weight excluding hydrogens is 270 g/mol. The van der Waals surface area contributed by atoms with E-state index in [1.165, 1.54) is 37.5 Å². The highest BCUT2D eigenvalue weighted by molar-refractivity contribution is 5.95. The van der Waals surface area contributed by atoms with E-state index in [1.807, 2.05) is 0 Å². The van der Waals surface area contributed by atoms with Crippen LogP contribution in [-0.2, 0) is 4.79 Å². The van der Waals surface area contributed by atoms with Crippen LogP contribution in [0, 0.1) is 0 Å². The third kappa shape index (κ3) is 6.29. The second kappa shape index (κ2) is 9.00. The maximum absolute atomic E-state index is 11.7. The van der Waals surface area contributed by atoms with Crippen LogP contribution >= 0.6 is 0 Å². The number of hydrogen-bond donors (Lipinski definition) is 3. The number of carboxylic acids is 1. The topological polar surface area (TPSA) is 86.6 Å². The van der Waals surface area contributed by atoms with Gasteiger partial charge in [0, 0.05) is 12.1 Å². The molecule has 0 saturated carbocycles. The molecule has 5 heteroatoms. The average Bonchev–Trinajstić information content (AvgIpc) is 2.44. The minimum absolute atomic E-state index is 0.132. The first-order chi connectivity index (χ1) is 10.0. The molecular formula is C16H23NO4. The minimum Gasteiger partial charge on any atom is -0.507 e. The van der Waals surface area contributed by atoms with Gasteiger partial charge in [-0.2, -0.15) is 0 Å². The fourth-order valence-corrected chi connectivity index (χ4v) is 2.07. The molecule has 0 spiro atoms. The van der Waals surface area contributed by atoms with Crippen LogP contribution in [0.15, 0.2) is 18.2 Å². The molecule has 0 aliphatic carbocycles. The number of rotatable bonds is 9. The Kier molecular flexibility index (Phi) is 7.29. The molecule has 1 rings (SSSR count). The molecule has 0 aromatic heterocycles. The monoisotopic (exact) mass is 293 g/mol. The van der Waals surface area contributed by atoms with Crippen molar-refractivity contribution in [1.29, 1.82) is 0 Å². The molecule has 5 nitrogen and oxygen atoms in total. The number of carbonyl (C=O) groups excluding carboxylic acids is 1. The Labute approximate surface area is 125 Å². The first-order valence-electron chi connectivity index (χ1n) is 7.40. The van der Waals surface area contributed by atoms with Crippen LogP contribution in [0.5, 0.6) is 5.75 Å². The summed E-state index contributed by atoms with van der Waals surface area (Å²) in [5, 5.41) is 20.9. The van der Waals surface area contributed by atoms with Crippen molar-refractivity contribution in [1.82, 2.24) is 0 Å². The summed E-state index contributed by atoms with van der Waals surface area (Å²) in [4.78, 5) is 22.6. The highest BCUT2D eigenvalue weighted by Crippen LogP contribution is 2.21. The predicted octanol–water partition coefficient (Wildman–Crippen LogP) is 3.78. The Balaban J connectivity index is 2.38. The summed E-state index contributed by atoms with van der Waals surface area (Å²) < 4.78 is 0. The van der Waals surface area contributed by atoms with Gasteiger partial charge in [-0.25, -0.2) is 4.79 Å². The molecule has 3 N–H and O–H groups in total. The SMILES string of the molecule is CCCCCCCCC(=O)Nc1ccc(O)c(C(=O)O)c1. The highest BCUT2D eigenvalue weighted by atomic mass is 16.4. The molecule has 1 amide bonds. The number of hydrogen-bond acceptors (Lipinski definition) is 3. The number of unbranched alkanes of at least 4 members (excludes halogenated alkanes) is 5. The molecule has 0 atom stereocenters. The van der Waals surface area contributed by atoms with E-state index in [0.717, 1.165) is 19.3 Å². The maximum atomic E-state index is 11.7. The van der Waals surface area contributed by atoms with Gasteiger partial charge in [-0.05, 0) is 24.6 Å². The Hall–Kier alpha value is -2.04. The van der Waals surface area contributed by atoms with Gasteiger partial charge in [-0.15, -0.1) is 0 Å². The molecule has 1 aromatic carbocycles. The zero-order chi connectivity index (χ0) is 15.7. The highest BCUT2D eigenvalue weighted by Gasteiger charge is 2.11. The van der Waals surface area contributed by atoms with E-state index in [1.54, 1.807) is 0 Å². The van der Waals surface area contributed by atoms with Crippen molar-refractivity contribution in [2.45, 2.75) is 51.9 Å². The van der Waals surface area contributed by atoms with Gasteiger partial charge in [0.25, 0.3) is 0 Å². The van der Waals surface area contributed by atoms with Gasteiger partial charge in [0.2, 0.25) is 5.91 Å². The number of nitrogens with one attached hydrogen (secondary N) is 1. The Morgan fingerprint density at radius 3 is 2.43 bits per heavy atom. The fourth-order valence-electron chi connectivity index (χ4n) is 2.07. The van der Waals surface area contributed by atoms with Crippen LogP contribution < -0.4 is 5.32 Å². The third-order valence-electron chi connectivity index (χ3n) is 3.27. The summed E-state index contributed by atoms with van der Waals surface area (Å²) in [7, 11) is 0. The average molecular weight is 293 g/mol. The third-order valence-corrected chi connectivity index (χ3v) is 3.27. The maximum Gasteiger partial charge on any atom is 0.339 e. The minimum atomic E-state index is -1.22. The smallest absolute Gasteiger partial charge is 0.339 e. The Morgan fingerprint density at radius 1 is 1.10 bits per heavy atom. The molecule has 0 aliphatic heterocycles. The molecule has 0 fully saturated rings. The van der Waals surface area contributed by atoms with Gasteiger partial charge in [0.1, 0.15) is 11.3 Å². The van der Waals surface area contributed by atoms with Crippen molar-refractivity contribution in [3.05, 3.63) is 23.8 Å². The number of aromatic hydroxyl groups is 1. The fraction of sp³-hybridized carbons (Fsp3) is 0.500. The lowest BCUT2D eigenvalue weighted by Crippen LogP contribution is -2.11. The largest absolute Gasteiger partial charge is 0.507 e. The van der Waals surface area contributed by atoms with Gasteiger partial charge in [-0.3, -0.25) is 4.79 Å². The van der Waals surface area contributed by atoms with E-state index < -0.39 is 5.97 Å². The summed E-state index contributed by atoms with van der Waals surface area (Å²) >= 11 is 0. The lowest BCUT2D eigenvalue weighted by molar-refractivity contribution is -0.116. The standard InChI is InChI=1S/C16H23NO4/c1-2-3-4-5-6-7-8-15(19)17-12-9-10-14(18)13(11-12)16(20)21/h9-11,18H,2-8H2,1H3,(H,17,19)(H,20,21). The Bertz CT molecular complexity index is 485. The zero-order valence-electron chi connectivity index (χ0n) is 12.4. The van der Waals surface area contributed by atoms with Crippen LogP contribution in [0.3, 0.4) is 0 Å². The van der Waals surface area contributed by atoms with Crippen LogP contribution in [0.25, 0.3) is 0 Å². The van der Waals surface area contributed by atoms with Crippen molar-refractivity contribution in [2.75, 3.05) is 5.32 Å². The molecule has 0 saturated heterocycles. The number of benzene rings is 1. The number of aromatic carboxylic acids is 1. The predicted molar refractivity (Wildman–Crippen MR) is 81.7 cm³/mol. The first-order valence-corrected chi connectivity index (χ1v) is 7.40. The summed E-state index contributed by atoms with van der Waals surface area (Å²) in [5.74, 6) is -1.66. The van der Waals surface area contributed by atoms with E-state index in [-0.39, 0.29) is 17.2 Å². The Morgan fingerprint density at radius 2 is 1.76 bits per heavy atom. The quantitative estimate of drug-likeness (QED) is 0.477. The van der Waals surface area contributed by atoms with Gasteiger partial charge in [0.05, 0.1) is 0 Å². The molecule has 116 valence electrons. The van der Waals surface area contributed by atoms with Gasteiger partial charge in [0.15, 0.2) is 0 Å². The second-order valence-electron chi connectivity index (χ2n) is 5.10. The number of carbonyl (C=O) groups is 2. The van der Waals surface area contributed by atoms with Gasteiger partial charge < -0.3 is 15.5 Å². The number of carboxylic acid groups (broad SMARTS) is 1. The number of phenols is 1. The molecule has 0 heterocycles. The van der Waals surface area contributed by atoms with Gasteiger partial charge >= 0.3 is 5.97 Å². The second-order valence-corrected chi connectivity index (χ2v) is 5.10. The molecule has 21 heavy (non-hydrogen) atoms. The molecule has 1 aromatic rings.